The standard InChI is InChI=1S/C28H43NO8/c1-8-10-18(5)25(31)36-22-13-12-21(14-23(22)37-26(32)19(6)11-9-2)16-28(29,27(33)34)15-20(7)35-24(30)17(3)4/h12-14,17-20H,8-11,15-16,29H2,1-7H3,(H,33,34)/t18?,19?,20-,28?/m0/s1. The SMILES string of the molecule is CCCC(C)C(=O)Oc1ccc(CC(N)(C[C@H](C)OC(=O)C(C)C)C(=O)O)cc1OC(=O)C(C)CCC. The Morgan fingerprint density at radius 1 is 0.865 bits per heavy atom. The van der Waals surface area contributed by atoms with E-state index < -0.39 is 35.5 Å². The molecule has 0 fully saturated rings. The Hall–Kier alpha value is -2.94. The Bertz CT molecular complexity index is 944. The molecule has 9 nitrogen and oxygen atoms in total. The quantitative estimate of drug-likeness (QED) is 0.248. The van der Waals surface area contributed by atoms with Gasteiger partial charge in [-0.3, -0.25) is 19.2 Å². The van der Waals surface area contributed by atoms with Crippen LogP contribution in [0.15, 0.2) is 18.2 Å². The minimum absolute atomic E-state index is 0.0227. The summed E-state index contributed by atoms with van der Waals surface area (Å²) in [7, 11) is 0. The van der Waals surface area contributed by atoms with Crippen molar-refractivity contribution >= 4 is 23.9 Å². The van der Waals surface area contributed by atoms with Gasteiger partial charge in [0, 0.05) is 12.8 Å². The van der Waals surface area contributed by atoms with Gasteiger partial charge in [0.2, 0.25) is 0 Å². The summed E-state index contributed by atoms with van der Waals surface area (Å²) in [6.07, 6.45) is 1.87. The van der Waals surface area contributed by atoms with E-state index in [2.05, 4.69) is 0 Å². The molecule has 3 N–H and O–H groups in total. The van der Waals surface area contributed by atoms with Gasteiger partial charge >= 0.3 is 23.9 Å². The molecule has 0 spiro atoms. The van der Waals surface area contributed by atoms with E-state index in [1.165, 1.54) is 12.1 Å². The summed E-state index contributed by atoms with van der Waals surface area (Å²) in [6.45, 7) is 12.4. The molecule has 0 aliphatic rings. The molecule has 0 aliphatic heterocycles. The molecule has 0 radical (unpaired) electrons. The Morgan fingerprint density at radius 3 is 1.84 bits per heavy atom. The number of nitrogens with two attached hydrogens (primary N) is 1. The lowest BCUT2D eigenvalue weighted by atomic mass is 9.86. The summed E-state index contributed by atoms with van der Waals surface area (Å²) < 4.78 is 16.5. The number of aliphatic carboxylic acids is 1. The Morgan fingerprint density at radius 2 is 1.38 bits per heavy atom. The number of carbonyl (C=O) groups excluding carboxylic acids is 3. The molecule has 0 saturated carbocycles. The maximum atomic E-state index is 12.7. The highest BCUT2D eigenvalue weighted by Crippen LogP contribution is 2.32. The Kier molecular flexibility index (Phi) is 12.8. The van der Waals surface area contributed by atoms with Crippen molar-refractivity contribution in [2.75, 3.05) is 0 Å². The zero-order valence-electron chi connectivity index (χ0n) is 23.2. The van der Waals surface area contributed by atoms with Gasteiger partial charge in [-0.1, -0.05) is 60.5 Å². The molecule has 0 aliphatic carbocycles. The molecule has 1 rings (SSSR count). The van der Waals surface area contributed by atoms with Crippen molar-refractivity contribution in [2.24, 2.45) is 23.5 Å². The number of hydrogen-bond donors (Lipinski definition) is 2. The van der Waals surface area contributed by atoms with Crippen LogP contribution in [0.5, 0.6) is 11.5 Å². The van der Waals surface area contributed by atoms with Crippen LogP contribution in [0.2, 0.25) is 0 Å². The molecule has 0 bridgehead atoms. The Labute approximate surface area is 220 Å². The third-order valence-corrected chi connectivity index (χ3v) is 6.06. The molecule has 0 heterocycles. The number of carboxylic acids is 1. The number of hydrogen-bond acceptors (Lipinski definition) is 8. The van der Waals surface area contributed by atoms with E-state index in [4.69, 9.17) is 19.9 Å². The van der Waals surface area contributed by atoms with Gasteiger partial charge in [-0.25, -0.2) is 0 Å². The van der Waals surface area contributed by atoms with Crippen molar-refractivity contribution in [3.05, 3.63) is 23.8 Å². The highest BCUT2D eigenvalue weighted by molar-refractivity contribution is 5.80. The predicted molar refractivity (Wildman–Crippen MR) is 139 cm³/mol. The van der Waals surface area contributed by atoms with E-state index in [1.54, 1.807) is 40.7 Å². The van der Waals surface area contributed by atoms with Gasteiger partial charge in [-0.15, -0.1) is 0 Å². The first-order valence-electron chi connectivity index (χ1n) is 13.0. The number of benzene rings is 1. The van der Waals surface area contributed by atoms with Gasteiger partial charge in [-0.05, 0) is 37.5 Å². The van der Waals surface area contributed by atoms with E-state index in [0.29, 0.717) is 18.4 Å². The number of carboxylic acid groups (broad SMARTS) is 1. The zero-order chi connectivity index (χ0) is 28.3. The molecule has 4 atom stereocenters. The van der Waals surface area contributed by atoms with Crippen molar-refractivity contribution in [2.45, 2.75) is 98.6 Å². The van der Waals surface area contributed by atoms with Crippen LogP contribution >= 0.6 is 0 Å². The summed E-state index contributed by atoms with van der Waals surface area (Å²) >= 11 is 0. The molecule has 9 heteroatoms. The van der Waals surface area contributed by atoms with E-state index in [1.807, 2.05) is 13.8 Å². The number of carbonyl (C=O) groups is 4. The molecular formula is C28H43NO8. The third-order valence-electron chi connectivity index (χ3n) is 6.06. The minimum atomic E-state index is -1.76. The second-order valence-electron chi connectivity index (χ2n) is 10.2. The smallest absolute Gasteiger partial charge is 0.324 e. The van der Waals surface area contributed by atoms with Crippen LogP contribution in [0.25, 0.3) is 0 Å². The second kappa shape index (κ2) is 14.7. The second-order valence-corrected chi connectivity index (χ2v) is 10.2. The maximum Gasteiger partial charge on any atom is 0.324 e. The van der Waals surface area contributed by atoms with E-state index in [9.17, 15) is 24.3 Å². The molecule has 1 aromatic rings. The van der Waals surface area contributed by atoms with Crippen LogP contribution in [-0.4, -0.2) is 40.6 Å². The van der Waals surface area contributed by atoms with Crippen LogP contribution in [0.1, 0.15) is 86.1 Å². The van der Waals surface area contributed by atoms with Crippen molar-refractivity contribution in [3.8, 4) is 11.5 Å². The molecule has 208 valence electrons. The van der Waals surface area contributed by atoms with Crippen LogP contribution in [0.4, 0.5) is 0 Å². The average molecular weight is 522 g/mol. The van der Waals surface area contributed by atoms with Crippen LogP contribution in [-0.2, 0) is 30.3 Å². The highest BCUT2D eigenvalue weighted by atomic mass is 16.6. The number of ether oxygens (including phenoxy) is 3. The molecular weight excluding hydrogens is 478 g/mol. The van der Waals surface area contributed by atoms with Crippen molar-refractivity contribution in [3.63, 3.8) is 0 Å². The molecule has 0 aromatic heterocycles. The van der Waals surface area contributed by atoms with Crippen molar-refractivity contribution < 1.29 is 38.5 Å². The van der Waals surface area contributed by atoms with Gasteiger partial charge in [0.25, 0.3) is 0 Å². The summed E-state index contributed by atoms with van der Waals surface area (Å²) in [5, 5.41) is 9.90. The summed E-state index contributed by atoms with van der Waals surface area (Å²) in [5.74, 6) is -3.62. The molecule has 0 amide bonds. The predicted octanol–water partition coefficient (Wildman–Crippen LogP) is 4.67. The topological polar surface area (TPSA) is 142 Å². The lowest BCUT2D eigenvalue weighted by molar-refractivity contribution is -0.156. The normalized spacial score (nSPS) is 15.3. The summed E-state index contributed by atoms with van der Waals surface area (Å²) in [4.78, 5) is 49.3. The minimum Gasteiger partial charge on any atom is -0.480 e. The zero-order valence-corrected chi connectivity index (χ0v) is 23.2. The Balaban J connectivity index is 3.27. The van der Waals surface area contributed by atoms with Gasteiger partial charge in [0.05, 0.1) is 17.8 Å². The highest BCUT2D eigenvalue weighted by Gasteiger charge is 2.37. The van der Waals surface area contributed by atoms with Crippen LogP contribution in [0.3, 0.4) is 0 Å². The van der Waals surface area contributed by atoms with Gasteiger partial charge < -0.3 is 25.1 Å². The molecule has 1 aromatic carbocycles. The first kappa shape index (κ1) is 32.1. The van der Waals surface area contributed by atoms with Crippen molar-refractivity contribution in [1.29, 1.82) is 0 Å². The summed E-state index contributed by atoms with van der Waals surface area (Å²) in [6, 6.07) is 4.53. The third kappa shape index (κ3) is 10.1. The maximum absolute atomic E-state index is 12.7. The molecule has 0 saturated heterocycles. The fourth-order valence-electron chi connectivity index (χ4n) is 3.83. The van der Waals surface area contributed by atoms with Crippen molar-refractivity contribution in [1.82, 2.24) is 0 Å². The molecule has 3 unspecified atom stereocenters. The lowest BCUT2D eigenvalue weighted by Crippen LogP contribution is -2.52. The first-order valence-corrected chi connectivity index (χ1v) is 13.0. The van der Waals surface area contributed by atoms with Gasteiger partial charge in [0.1, 0.15) is 11.6 Å². The van der Waals surface area contributed by atoms with Crippen LogP contribution < -0.4 is 15.2 Å². The average Bonchev–Trinajstić information content (AvgIpc) is 2.80. The van der Waals surface area contributed by atoms with E-state index in [0.717, 1.165) is 12.8 Å². The number of rotatable bonds is 15. The number of esters is 3. The summed E-state index contributed by atoms with van der Waals surface area (Å²) in [5.41, 5.74) is 4.97. The molecule has 37 heavy (non-hydrogen) atoms. The van der Waals surface area contributed by atoms with E-state index >= 15 is 0 Å². The largest absolute Gasteiger partial charge is 0.480 e. The van der Waals surface area contributed by atoms with Gasteiger partial charge in [0.15, 0.2) is 11.5 Å². The van der Waals surface area contributed by atoms with Gasteiger partial charge in [-0.2, -0.15) is 0 Å². The first-order chi connectivity index (χ1) is 17.2. The van der Waals surface area contributed by atoms with Crippen LogP contribution in [0, 0.1) is 17.8 Å². The fourth-order valence-corrected chi connectivity index (χ4v) is 3.83. The van der Waals surface area contributed by atoms with E-state index in [-0.39, 0.29) is 42.1 Å². The monoisotopic (exact) mass is 521 g/mol. The fraction of sp³-hybridized carbons (Fsp3) is 0.643. The lowest BCUT2D eigenvalue weighted by Gasteiger charge is -2.28.